The number of sulfonamides is 1. The summed E-state index contributed by atoms with van der Waals surface area (Å²) in [6.07, 6.45) is -2.49. The molecule has 0 unspecified atom stereocenters. The first-order chi connectivity index (χ1) is 19.0. The van der Waals surface area contributed by atoms with E-state index in [1.54, 1.807) is 12.1 Å². The molecule has 0 fully saturated rings. The molecule has 4 aromatic rings. The van der Waals surface area contributed by atoms with E-state index >= 15 is 0 Å². The van der Waals surface area contributed by atoms with Gasteiger partial charge < -0.3 is 5.11 Å². The van der Waals surface area contributed by atoms with E-state index in [1.165, 1.54) is 23.8 Å². The number of alkyl halides is 3. The van der Waals surface area contributed by atoms with Crippen LogP contribution in [0.1, 0.15) is 30.0 Å². The third kappa shape index (κ3) is 6.97. The standard InChI is InChI=1S/C31H28F3NO4S/c1-2-4-22-7-9-24(10-8-22)25-11-13-26(14-12-25)27-15-17-29(18-16-27)40(38,39)35(21-30(36)37)20-23-5-3-6-28(19-23)31(32,33)34/h3,5-19H,2,4,20-21H2,1H3,(H,36,37). The number of halogens is 3. The van der Waals surface area contributed by atoms with Gasteiger partial charge in [0.15, 0.2) is 0 Å². The van der Waals surface area contributed by atoms with Crippen molar-refractivity contribution in [3.05, 3.63) is 114 Å². The minimum absolute atomic E-state index is 0.0244. The van der Waals surface area contributed by atoms with Gasteiger partial charge in [-0.15, -0.1) is 0 Å². The number of carboxylic acid groups (broad SMARTS) is 1. The number of hydrogen-bond donors (Lipinski definition) is 1. The summed E-state index contributed by atoms with van der Waals surface area (Å²) < 4.78 is 66.6. The third-order valence-corrected chi connectivity index (χ3v) is 8.27. The van der Waals surface area contributed by atoms with E-state index in [9.17, 15) is 31.5 Å². The summed E-state index contributed by atoms with van der Waals surface area (Å²) >= 11 is 0. The first kappa shape index (κ1) is 29.0. The molecule has 5 nitrogen and oxygen atoms in total. The van der Waals surface area contributed by atoms with Gasteiger partial charge >= 0.3 is 12.1 Å². The topological polar surface area (TPSA) is 74.7 Å². The number of aliphatic carboxylic acids is 1. The molecule has 0 aliphatic carbocycles. The zero-order valence-corrected chi connectivity index (χ0v) is 22.5. The Morgan fingerprint density at radius 3 is 1.75 bits per heavy atom. The normalized spacial score (nSPS) is 12.0. The number of nitrogens with zero attached hydrogens (tertiary/aromatic N) is 1. The summed E-state index contributed by atoms with van der Waals surface area (Å²) in [7, 11) is -4.32. The van der Waals surface area contributed by atoms with Gasteiger partial charge in [-0.05, 0) is 58.0 Å². The molecule has 0 amide bonds. The fourth-order valence-corrected chi connectivity index (χ4v) is 5.78. The van der Waals surface area contributed by atoms with Crippen molar-refractivity contribution < 1.29 is 31.5 Å². The summed E-state index contributed by atoms with van der Waals surface area (Å²) in [6.45, 7) is 0.712. The number of rotatable bonds is 10. The highest BCUT2D eigenvalue weighted by atomic mass is 32.2. The average molecular weight is 568 g/mol. The Morgan fingerprint density at radius 2 is 1.27 bits per heavy atom. The lowest BCUT2D eigenvalue weighted by Gasteiger charge is -2.21. The van der Waals surface area contributed by atoms with Crippen LogP contribution in [-0.4, -0.2) is 30.3 Å². The Balaban J connectivity index is 1.54. The molecule has 0 aliphatic rings. The maximum atomic E-state index is 13.3. The summed E-state index contributed by atoms with van der Waals surface area (Å²) in [5, 5.41) is 9.30. The first-order valence-corrected chi connectivity index (χ1v) is 14.1. The molecule has 0 saturated carbocycles. The Labute approximate surface area is 231 Å². The van der Waals surface area contributed by atoms with Crippen LogP contribution in [0.5, 0.6) is 0 Å². The van der Waals surface area contributed by atoms with Crippen molar-refractivity contribution in [3.63, 3.8) is 0 Å². The van der Waals surface area contributed by atoms with Crippen molar-refractivity contribution in [2.24, 2.45) is 0 Å². The number of carbonyl (C=O) groups is 1. The van der Waals surface area contributed by atoms with Crippen LogP contribution in [0.2, 0.25) is 0 Å². The SMILES string of the molecule is CCCc1ccc(-c2ccc(-c3ccc(S(=O)(=O)N(CC(=O)O)Cc4cccc(C(F)(F)F)c4)cc3)cc2)cc1. The maximum Gasteiger partial charge on any atom is 0.416 e. The molecule has 0 heterocycles. The van der Waals surface area contributed by atoms with Crippen molar-refractivity contribution >= 4 is 16.0 Å². The third-order valence-electron chi connectivity index (χ3n) is 6.46. The van der Waals surface area contributed by atoms with Crippen LogP contribution in [0.4, 0.5) is 13.2 Å². The minimum atomic E-state index is -4.61. The largest absolute Gasteiger partial charge is 0.480 e. The maximum absolute atomic E-state index is 13.3. The van der Waals surface area contributed by atoms with Crippen LogP contribution < -0.4 is 0 Å². The predicted molar refractivity (Wildman–Crippen MR) is 148 cm³/mol. The minimum Gasteiger partial charge on any atom is -0.480 e. The zero-order valence-electron chi connectivity index (χ0n) is 21.7. The van der Waals surface area contributed by atoms with E-state index < -0.39 is 40.8 Å². The van der Waals surface area contributed by atoms with E-state index in [0.717, 1.165) is 53.3 Å². The molecule has 208 valence electrons. The van der Waals surface area contributed by atoms with Gasteiger partial charge in [0.1, 0.15) is 6.54 Å². The molecule has 0 aliphatic heterocycles. The van der Waals surface area contributed by atoms with Crippen molar-refractivity contribution in [1.29, 1.82) is 0 Å². The molecular formula is C31H28F3NO4S. The predicted octanol–water partition coefficient (Wildman–Crippen LogP) is 7.27. The summed E-state index contributed by atoms with van der Waals surface area (Å²) in [4.78, 5) is 11.3. The molecular weight excluding hydrogens is 539 g/mol. The number of benzene rings is 4. The fourth-order valence-electron chi connectivity index (χ4n) is 4.40. The van der Waals surface area contributed by atoms with Crippen LogP contribution in [0, 0.1) is 0 Å². The highest BCUT2D eigenvalue weighted by molar-refractivity contribution is 7.89. The molecule has 4 aromatic carbocycles. The van der Waals surface area contributed by atoms with Crippen molar-refractivity contribution in [3.8, 4) is 22.3 Å². The summed E-state index contributed by atoms with van der Waals surface area (Å²) in [6, 6.07) is 26.4. The second-order valence-corrected chi connectivity index (χ2v) is 11.4. The van der Waals surface area contributed by atoms with Gasteiger partial charge in [0.2, 0.25) is 10.0 Å². The Hall–Kier alpha value is -3.95. The molecule has 0 atom stereocenters. The summed E-state index contributed by atoms with van der Waals surface area (Å²) in [5.74, 6) is -1.42. The van der Waals surface area contributed by atoms with Gasteiger partial charge in [-0.2, -0.15) is 17.5 Å². The number of carboxylic acids is 1. The second kappa shape index (κ2) is 12.1. The highest BCUT2D eigenvalue weighted by Gasteiger charge is 2.32. The van der Waals surface area contributed by atoms with E-state index in [4.69, 9.17) is 0 Å². The molecule has 0 saturated heterocycles. The van der Waals surface area contributed by atoms with E-state index in [-0.39, 0.29) is 10.5 Å². The quantitative estimate of drug-likeness (QED) is 0.219. The lowest BCUT2D eigenvalue weighted by molar-refractivity contribution is -0.138. The molecule has 0 radical (unpaired) electrons. The molecule has 9 heteroatoms. The van der Waals surface area contributed by atoms with Crippen LogP contribution in [0.15, 0.2) is 102 Å². The average Bonchev–Trinajstić information content (AvgIpc) is 2.93. The lowest BCUT2D eigenvalue weighted by Crippen LogP contribution is -2.35. The molecule has 4 rings (SSSR count). The van der Waals surface area contributed by atoms with Crippen LogP contribution in [-0.2, 0) is 34.0 Å². The van der Waals surface area contributed by atoms with Gasteiger partial charge in [0, 0.05) is 6.54 Å². The second-order valence-electron chi connectivity index (χ2n) is 9.41. The first-order valence-electron chi connectivity index (χ1n) is 12.7. The van der Waals surface area contributed by atoms with Crippen LogP contribution in [0.3, 0.4) is 0 Å². The van der Waals surface area contributed by atoms with Gasteiger partial charge in [0.05, 0.1) is 10.5 Å². The highest BCUT2D eigenvalue weighted by Crippen LogP contribution is 2.31. The molecule has 0 bridgehead atoms. The van der Waals surface area contributed by atoms with E-state index in [1.807, 2.05) is 24.3 Å². The Bertz CT molecular complexity index is 1570. The van der Waals surface area contributed by atoms with Crippen LogP contribution >= 0.6 is 0 Å². The van der Waals surface area contributed by atoms with Crippen molar-refractivity contribution in [1.82, 2.24) is 4.31 Å². The van der Waals surface area contributed by atoms with Crippen molar-refractivity contribution in [2.75, 3.05) is 6.54 Å². The van der Waals surface area contributed by atoms with Crippen LogP contribution in [0.25, 0.3) is 22.3 Å². The molecule has 0 aromatic heterocycles. The molecule has 1 N–H and O–H groups in total. The van der Waals surface area contributed by atoms with E-state index in [0.29, 0.717) is 4.31 Å². The van der Waals surface area contributed by atoms with E-state index in [2.05, 4.69) is 31.2 Å². The van der Waals surface area contributed by atoms with Gasteiger partial charge in [-0.3, -0.25) is 4.79 Å². The number of hydrogen-bond acceptors (Lipinski definition) is 3. The molecule has 40 heavy (non-hydrogen) atoms. The van der Waals surface area contributed by atoms with Gasteiger partial charge in [-0.25, -0.2) is 8.42 Å². The van der Waals surface area contributed by atoms with Gasteiger partial charge in [-0.1, -0.05) is 92.2 Å². The van der Waals surface area contributed by atoms with Gasteiger partial charge in [0.25, 0.3) is 0 Å². The lowest BCUT2D eigenvalue weighted by atomic mass is 9.99. The fraction of sp³-hybridized carbons (Fsp3) is 0.194. The Kier molecular flexibility index (Phi) is 8.76. The van der Waals surface area contributed by atoms with Crippen molar-refractivity contribution in [2.45, 2.75) is 37.4 Å². The Morgan fingerprint density at radius 1 is 0.775 bits per heavy atom. The summed E-state index contributed by atoms with van der Waals surface area (Å²) in [5.41, 5.74) is 4.12. The smallest absolute Gasteiger partial charge is 0.416 e. The number of aryl methyl sites for hydroxylation is 1. The zero-order chi connectivity index (χ0) is 28.9. The monoisotopic (exact) mass is 567 g/mol. The molecule has 0 spiro atoms.